The fourth-order valence-corrected chi connectivity index (χ4v) is 6.36. The molecule has 1 aromatic carbocycles. The van der Waals surface area contributed by atoms with Crippen LogP contribution in [0, 0.1) is 5.92 Å². The number of carbonyl (C=O) groups is 1. The SMILES string of the molecule is C/C=C/c1ccc([C@H]2[C@@H](CO)N(C(=O)C3CCC3)C23CN(S(=O)(=O)CC)C3)cc1. The van der Waals surface area contributed by atoms with Gasteiger partial charge in [0.15, 0.2) is 0 Å². The Morgan fingerprint density at radius 1 is 1.24 bits per heavy atom. The number of hydrogen-bond donors (Lipinski definition) is 1. The van der Waals surface area contributed by atoms with Gasteiger partial charge in [-0.3, -0.25) is 4.79 Å². The molecule has 29 heavy (non-hydrogen) atoms. The zero-order valence-corrected chi connectivity index (χ0v) is 17.9. The van der Waals surface area contributed by atoms with Crippen LogP contribution in [0.1, 0.15) is 50.2 Å². The van der Waals surface area contributed by atoms with Crippen molar-refractivity contribution in [3.05, 3.63) is 41.5 Å². The van der Waals surface area contributed by atoms with Crippen LogP contribution < -0.4 is 0 Å². The number of amides is 1. The fraction of sp³-hybridized carbons (Fsp3) is 0.591. The lowest BCUT2D eigenvalue weighted by molar-refractivity contribution is -0.195. The summed E-state index contributed by atoms with van der Waals surface area (Å²) in [5, 5.41) is 10.1. The predicted molar refractivity (Wildman–Crippen MR) is 113 cm³/mol. The van der Waals surface area contributed by atoms with E-state index in [1.165, 1.54) is 4.31 Å². The molecule has 7 heteroatoms. The molecule has 0 bridgehead atoms. The van der Waals surface area contributed by atoms with Crippen LogP contribution in [0.5, 0.6) is 0 Å². The summed E-state index contributed by atoms with van der Waals surface area (Å²) < 4.78 is 26.2. The molecule has 4 rings (SSSR count). The van der Waals surface area contributed by atoms with Crippen molar-refractivity contribution < 1.29 is 18.3 Å². The predicted octanol–water partition coefficient (Wildman–Crippen LogP) is 2.21. The maximum absolute atomic E-state index is 13.2. The Morgan fingerprint density at radius 2 is 1.90 bits per heavy atom. The number of benzene rings is 1. The number of rotatable bonds is 6. The molecule has 2 saturated heterocycles. The Bertz CT molecular complexity index is 899. The molecule has 1 N–H and O–H groups in total. The van der Waals surface area contributed by atoms with E-state index >= 15 is 0 Å². The summed E-state index contributed by atoms with van der Waals surface area (Å²) in [5.74, 6) is 0.118. The van der Waals surface area contributed by atoms with Crippen LogP contribution in [0.2, 0.25) is 0 Å². The van der Waals surface area contributed by atoms with Crippen molar-refractivity contribution in [2.75, 3.05) is 25.4 Å². The quantitative estimate of drug-likeness (QED) is 0.768. The number of sulfonamides is 1. The van der Waals surface area contributed by atoms with Crippen LogP contribution in [-0.2, 0) is 14.8 Å². The molecule has 1 aromatic rings. The van der Waals surface area contributed by atoms with E-state index in [9.17, 15) is 18.3 Å². The Morgan fingerprint density at radius 3 is 2.38 bits per heavy atom. The molecule has 2 heterocycles. The second-order valence-corrected chi connectivity index (χ2v) is 10.8. The van der Waals surface area contributed by atoms with Crippen molar-refractivity contribution >= 4 is 22.0 Å². The number of aliphatic hydroxyl groups excluding tert-OH is 1. The Hall–Kier alpha value is -1.70. The fourth-order valence-electron chi connectivity index (χ4n) is 5.16. The molecule has 2 aliphatic heterocycles. The minimum atomic E-state index is -3.29. The Labute approximate surface area is 173 Å². The topological polar surface area (TPSA) is 77.9 Å². The Balaban J connectivity index is 1.66. The minimum Gasteiger partial charge on any atom is -0.394 e. The maximum atomic E-state index is 13.2. The molecule has 0 aromatic heterocycles. The summed E-state index contributed by atoms with van der Waals surface area (Å²) in [6, 6.07) is 7.88. The zero-order valence-electron chi connectivity index (χ0n) is 17.1. The van der Waals surface area contributed by atoms with Crippen molar-refractivity contribution in [3.63, 3.8) is 0 Å². The van der Waals surface area contributed by atoms with Gasteiger partial charge in [-0.1, -0.05) is 42.8 Å². The maximum Gasteiger partial charge on any atom is 0.226 e. The number of likely N-dealkylation sites (tertiary alicyclic amines) is 1. The zero-order chi connectivity index (χ0) is 20.8. The first-order valence-corrected chi connectivity index (χ1v) is 12.1. The van der Waals surface area contributed by atoms with Gasteiger partial charge in [-0.15, -0.1) is 0 Å². The van der Waals surface area contributed by atoms with E-state index in [2.05, 4.69) is 0 Å². The largest absolute Gasteiger partial charge is 0.394 e. The molecular weight excluding hydrogens is 388 g/mol. The monoisotopic (exact) mass is 418 g/mol. The third kappa shape index (κ3) is 3.14. The van der Waals surface area contributed by atoms with Gasteiger partial charge in [-0.25, -0.2) is 8.42 Å². The lowest BCUT2D eigenvalue weighted by atomic mass is 9.60. The molecule has 1 amide bonds. The molecule has 6 nitrogen and oxygen atoms in total. The van der Waals surface area contributed by atoms with E-state index in [4.69, 9.17) is 0 Å². The second-order valence-electron chi connectivity index (χ2n) is 8.50. The number of hydrogen-bond acceptors (Lipinski definition) is 4. The molecule has 0 unspecified atom stereocenters. The lowest BCUT2D eigenvalue weighted by Gasteiger charge is -2.70. The number of allylic oxidation sites excluding steroid dienone is 1. The van der Waals surface area contributed by atoms with Gasteiger partial charge in [0.2, 0.25) is 15.9 Å². The van der Waals surface area contributed by atoms with Gasteiger partial charge < -0.3 is 10.0 Å². The third-order valence-electron chi connectivity index (χ3n) is 6.97. The summed E-state index contributed by atoms with van der Waals surface area (Å²) >= 11 is 0. The van der Waals surface area contributed by atoms with E-state index in [0.29, 0.717) is 13.1 Å². The van der Waals surface area contributed by atoms with E-state index < -0.39 is 15.6 Å². The van der Waals surface area contributed by atoms with Gasteiger partial charge in [0.1, 0.15) is 0 Å². The number of aliphatic hydroxyl groups is 1. The van der Waals surface area contributed by atoms with Crippen LogP contribution in [0.15, 0.2) is 30.3 Å². The van der Waals surface area contributed by atoms with Crippen molar-refractivity contribution in [2.24, 2.45) is 5.92 Å². The van der Waals surface area contributed by atoms with Crippen LogP contribution >= 0.6 is 0 Å². The van der Waals surface area contributed by atoms with Crippen molar-refractivity contribution in [1.82, 2.24) is 9.21 Å². The molecule has 1 saturated carbocycles. The third-order valence-corrected chi connectivity index (χ3v) is 8.74. The summed E-state index contributed by atoms with van der Waals surface area (Å²) in [7, 11) is -3.29. The standard InChI is InChI=1S/C22H30N2O4S/c1-3-6-16-9-11-17(12-10-16)20-19(13-25)24(21(26)18-7-5-8-18)22(20)14-23(15-22)29(27,28)4-2/h3,6,9-12,18-20,25H,4-5,7-8,13-15H2,1-2H3/b6-3+/t19-,20+/m1/s1. The smallest absolute Gasteiger partial charge is 0.226 e. The molecule has 2 atom stereocenters. The average molecular weight is 419 g/mol. The molecule has 1 aliphatic carbocycles. The first kappa shape index (κ1) is 20.6. The van der Waals surface area contributed by atoms with Crippen LogP contribution in [-0.4, -0.2) is 65.7 Å². The summed E-state index contributed by atoms with van der Waals surface area (Å²) in [6.45, 7) is 4.14. The van der Waals surface area contributed by atoms with E-state index in [1.54, 1.807) is 6.92 Å². The van der Waals surface area contributed by atoms with Gasteiger partial charge in [0, 0.05) is 24.9 Å². The molecular formula is C22H30N2O4S. The van der Waals surface area contributed by atoms with Gasteiger partial charge in [-0.05, 0) is 37.8 Å². The molecule has 3 fully saturated rings. The number of nitrogens with zero attached hydrogens (tertiary/aromatic N) is 2. The highest BCUT2D eigenvalue weighted by atomic mass is 32.2. The average Bonchev–Trinajstić information content (AvgIpc) is 2.60. The normalized spacial score (nSPS) is 26.9. The highest BCUT2D eigenvalue weighted by Crippen LogP contribution is 2.55. The molecule has 158 valence electrons. The molecule has 1 spiro atoms. The summed E-state index contributed by atoms with van der Waals surface area (Å²) in [5.41, 5.74) is 1.62. The first-order valence-electron chi connectivity index (χ1n) is 10.5. The van der Waals surface area contributed by atoms with Crippen molar-refractivity contribution in [1.29, 1.82) is 0 Å². The van der Waals surface area contributed by atoms with Gasteiger partial charge in [-0.2, -0.15) is 4.31 Å². The number of carbonyl (C=O) groups excluding carboxylic acids is 1. The van der Waals surface area contributed by atoms with E-state index in [0.717, 1.165) is 30.4 Å². The lowest BCUT2D eigenvalue weighted by Crippen LogP contribution is -2.86. The van der Waals surface area contributed by atoms with Gasteiger partial charge in [0.25, 0.3) is 0 Å². The first-order chi connectivity index (χ1) is 13.9. The van der Waals surface area contributed by atoms with Gasteiger partial charge in [0.05, 0.1) is 23.9 Å². The molecule has 3 aliphatic rings. The van der Waals surface area contributed by atoms with Crippen LogP contribution in [0.3, 0.4) is 0 Å². The summed E-state index contributed by atoms with van der Waals surface area (Å²) in [6.07, 6.45) is 6.85. The van der Waals surface area contributed by atoms with E-state index in [1.807, 2.05) is 48.2 Å². The van der Waals surface area contributed by atoms with Crippen molar-refractivity contribution in [3.8, 4) is 0 Å². The van der Waals surface area contributed by atoms with Crippen LogP contribution in [0.4, 0.5) is 0 Å². The van der Waals surface area contributed by atoms with E-state index in [-0.39, 0.29) is 36.1 Å². The molecule has 0 radical (unpaired) electrons. The van der Waals surface area contributed by atoms with Gasteiger partial charge >= 0.3 is 0 Å². The van der Waals surface area contributed by atoms with Crippen LogP contribution in [0.25, 0.3) is 6.08 Å². The minimum absolute atomic E-state index is 0.0239. The second kappa shape index (κ2) is 7.52. The highest BCUT2D eigenvalue weighted by molar-refractivity contribution is 7.89. The van der Waals surface area contributed by atoms with Crippen molar-refractivity contribution in [2.45, 2.75) is 50.6 Å². The highest BCUT2D eigenvalue weighted by Gasteiger charge is 2.69. The Kier molecular flexibility index (Phi) is 5.34. The summed E-state index contributed by atoms with van der Waals surface area (Å²) in [4.78, 5) is 15.0.